The Kier molecular flexibility index (Phi) is 2.59. The molecule has 2 heterocycles. The third-order valence-corrected chi connectivity index (χ3v) is 3.18. The maximum Gasteiger partial charge on any atom is 0.174 e. The number of nitrogens with two attached hydrogens (primary N) is 1. The van der Waals surface area contributed by atoms with Crippen molar-refractivity contribution in [3.05, 3.63) is 6.20 Å². The standard InChI is InChI=1S/C11H20N4/c1-8(2)10-5-4-6-15(10)11-9(12)7-14(3)13-11/h7-8,10H,4-6,12H2,1-3H3. The molecular weight excluding hydrogens is 188 g/mol. The van der Waals surface area contributed by atoms with Crippen LogP contribution in [-0.4, -0.2) is 22.4 Å². The van der Waals surface area contributed by atoms with Gasteiger partial charge in [-0.2, -0.15) is 5.10 Å². The summed E-state index contributed by atoms with van der Waals surface area (Å²) in [4.78, 5) is 2.36. The zero-order chi connectivity index (χ0) is 11.0. The highest BCUT2D eigenvalue weighted by atomic mass is 15.4. The van der Waals surface area contributed by atoms with E-state index in [1.807, 2.05) is 13.2 Å². The summed E-state index contributed by atoms with van der Waals surface area (Å²) in [6.07, 6.45) is 4.39. The average molecular weight is 208 g/mol. The topological polar surface area (TPSA) is 47.1 Å². The van der Waals surface area contributed by atoms with E-state index in [1.165, 1.54) is 12.8 Å². The molecule has 0 spiro atoms. The van der Waals surface area contributed by atoms with Crippen molar-refractivity contribution in [1.29, 1.82) is 0 Å². The molecule has 1 aromatic rings. The molecular formula is C11H20N4. The smallest absolute Gasteiger partial charge is 0.174 e. The van der Waals surface area contributed by atoms with Crippen molar-refractivity contribution >= 4 is 11.5 Å². The lowest BCUT2D eigenvalue weighted by Crippen LogP contribution is -2.34. The van der Waals surface area contributed by atoms with Crippen LogP contribution in [0.5, 0.6) is 0 Å². The molecule has 1 aliphatic heterocycles. The van der Waals surface area contributed by atoms with Crippen LogP contribution in [0.2, 0.25) is 0 Å². The van der Waals surface area contributed by atoms with Crippen molar-refractivity contribution in [3.63, 3.8) is 0 Å². The maximum absolute atomic E-state index is 5.96. The van der Waals surface area contributed by atoms with E-state index in [2.05, 4.69) is 23.8 Å². The lowest BCUT2D eigenvalue weighted by Gasteiger charge is -2.27. The van der Waals surface area contributed by atoms with E-state index in [0.29, 0.717) is 12.0 Å². The third kappa shape index (κ3) is 1.80. The fourth-order valence-electron chi connectivity index (χ4n) is 2.47. The van der Waals surface area contributed by atoms with Gasteiger partial charge in [0, 0.05) is 25.8 Å². The van der Waals surface area contributed by atoms with E-state index >= 15 is 0 Å². The highest BCUT2D eigenvalue weighted by Crippen LogP contribution is 2.31. The molecule has 0 bridgehead atoms. The summed E-state index contributed by atoms with van der Waals surface area (Å²) in [6, 6.07) is 0.599. The fourth-order valence-corrected chi connectivity index (χ4v) is 2.47. The normalized spacial score (nSPS) is 21.6. The number of aromatic nitrogens is 2. The summed E-state index contributed by atoms with van der Waals surface area (Å²) >= 11 is 0. The van der Waals surface area contributed by atoms with Crippen LogP contribution in [0.1, 0.15) is 26.7 Å². The van der Waals surface area contributed by atoms with Gasteiger partial charge in [0.1, 0.15) is 0 Å². The van der Waals surface area contributed by atoms with Crippen molar-refractivity contribution in [3.8, 4) is 0 Å². The van der Waals surface area contributed by atoms with Crippen molar-refractivity contribution in [2.75, 3.05) is 17.2 Å². The van der Waals surface area contributed by atoms with Crippen LogP contribution >= 0.6 is 0 Å². The van der Waals surface area contributed by atoms with E-state index < -0.39 is 0 Å². The van der Waals surface area contributed by atoms with Crippen LogP contribution < -0.4 is 10.6 Å². The van der Waals surface area contributed by atoms with Gasteiger partial charge in [0.2, 0.25) is 0 Å². The lowest BCUT2D eigenvalue weighted by molar-refractivity contribution is 0.488. The Labute approximate surface area is 91.1 Å². The maximum atomic E-state index is 5.96. The first-order valence-electron chi connectivity index (χ1n) is 5.65. The van der Waals surface area contributed by atoms with Gasteiger partial charge in [0.05, 0.1) is 5.69 Å². The molecule has 1 atom stereocenters. The van der Waals surface area contributed by atoms with Crippen molar-refractivity contribution in [2.45, 2.75) is 32.7 Å². The van der Waals surface area contributed by atoms with E-state index in [9.17, 15) is 0 Å². The summed E-state index contributed by atoms with van der Waals surface area (Å²) in [7, 11) is 1.92. The minimum absolute atomic E-state index is 0.599. The van der Waals surface area contributed by atoms with Gasteiger partial charge < -0.3 is 10.6 Å². The molecule has 0 amide bonds. The first kappa shape index (κ1) is 10.3. The highest BCUT2D eigenvalue weighted by Gasteiger charge is 2.29. The van der Waals surface area contributed by atoms with Crippen LogP contribution in [0.25, 0.3) is 0 Å². The molecule has 1 fully saturated rings. The predicted molar refractivity (Wildman–Crippen MR) is 62.8 cm³/mol. The SMILES string of the molecule is CC(C)C1CCCN1c1nn(C)cc1N. The molecule has 1 unspecified atom stereocenters. The zero-order valence-corrected chi connectivity index (χ0v) is 9.77. The van der Waals surface area contributed by atoms with Crippen LogP contribution in [0.4, 0.5) is 11.5 Å². The van der Waals surface area contributed by atoms with Crippen LogP contribution in [-0.2, 0) is 7.05 Å². The Morgan fingerprint density at radius 1 is 1.53 bits per heavy atom. The van der Waals surface area contributed by atoms with Gasteiger partial charge in [0.25, 0.3) is 0 Å². The molecule has 15 heavy (non-hydrogen) atoms. The van der Waals surface area contributed by atoms with Crippen LogP contribution in [0.15, 0.2) is 6.20 Å². The number of rotatable bonds is 2. The van der Waals surface area contributed by atoms with E-state index in [0.717, 1.165) is 18.1 Å². The molecule has 1 aliphatic rings. The number of anilines is 2. The first-order valence-corrected chi connectivity index (χ1v) is 5.65. The monoisotopic (exact) mass is 208 g/mol. The van der Waals surface area contributed by atoms with Gasteiger partial charge in [0.15, 0.2) is 5.82 Å². The Morgan fingerprint density at radius 2 is 2.27 bits per heavy atom. The molecule has 0 radical (unpaired) electrons. The minimum atomic E-state index is 0.599. The second-order valence-corrected chi connectivity index (χ2v) is 4.73. The summed E-state index contributed by atoms with van der Waals surface area (Å²) in [6.45, 7) is 5.62. The number of nitrogens with zero attached hydrogens (tertiary/aromatic N) is 3. The van der Waals surface area contributed by atoms with Crippen LogP contribution in [0.3, 0.4) is 0 Å². The van der Waals surface area contributed by atoms with Gasteiger partial charge in [-0.3, -0.25) is 4.68 Å². The molecule has 4 nitrogen and oxygen atoms in total. The Hall–Kier alpha value is -1.19. The molecule has 2 rings (SSSR count). The minimum Gasteiger partial charge on any atom is -0.394 e. The predicted octanol–water partition coefficient (Wildman–Crippen LogP) is 1.63. The number of hydrogen-bond donors (Lipinski definition) is 1. The fraction of sp³-hybridized carbons (Fsp3) is 0.727. The highest BCUT2D eigenvalue weighted by molar-refractivity contribution is 5.62. The summed E-state index contributed by atoms with van der Waals surface area (Å²) in [5, 5.41) is 4.44. The van der Waals surface area contributed by atoms with E-state index in [-0.39, 0.29) is 0 Å². The van der Waals surface area contributed by atoms with E-state index in [4.69, 9.17) is 5.73 Å². The molecule has 1 aromatic heterocycles. The molecule has 0 aliphatic carbocycles. The summed E-state index contributed by atoms with van der Waals surface area (Å²) in [5.41, 5.74) is 6.75. The molecule has 4 heteroatoms. The quantitative estimate of drug-likeness (QED) is 0.803. The lowest BCUT2D eigenvalue weighted by atomic mass is 10.0. The Bertz CT molecular complexity index is 342. The molecule has 0 saturated carbocycles. The number of hydrogen-bond acceptors (Lipinski definition) is 3. The second kappa shape index (κ2) is 3.76. The van der Waals surface area contributed by atoms with E-state index in [1.54, 1.807) is 4.68 Å². The van der Waals surface area contributed by atoms with Crippen molar-refractivity contribution in [1.82, 2.24) is 9.78 Å². The first-order chi connectivity index (χ1) is 7.09. The Morgan fingerprint density at radius 3 is 2.80 bits per heavy atom. The van der Waals surface area contributed by atoms with Crippen molar-refractivity contribution < 1.29 is 0 Å². The number of nitrogen functional groups attached to an aromatic ring is 1. The molecule has 2 N–H and O–H groups in total. The molecule has 84 valence electrons. The van der Waals surface area contributed by atoms with Gasteiger partial charge in [-0.05, 0) is 18.8 Å². The summed E-state index contributed by atoms with van der Waals surface area (Å²) < 4.78 is 1.79. The molecule has 0 aromatic carbocycles. The largest absolute Gasteiger partial charge is 0.394 e. The zero-order valence-electron chi connectivity index (χ0n) is 9.77. The Balaban J connectivity index is 2.26. The second-order valence-electron chi connectivity index (χ2n) is 4.73. The van der Waals surface area contributed by atoms with Gasteiger partial charge >= 0.3 is 0 Å². The van der Waals surface area contributed by atoms with Gasteiger partial charge in [-0.25, -0.2) is 0 Å². The third-order valence-electron chi connectivity index (χ3n) is 3.18. The molecule has 1 saturated heterocycles. The summed E-state index contributed by atoms with van der Waals surface area (Å²) in [5.74, 6) is 1.63. The van der Waals surface area contributed by atoms with Crippen molar-refractivity contribution in [2.24, 2.45) is 13.0 Å². The van der Waals surface area contributed by atoms with Crippen LogP contribution in [0, 0.1) is 5.92 Å². The van der Waals surface area contributed by atoms with Gasteiger partial charge in [-0.15, -0.1) is 0 Å². The average Bonchev–Trinajstić information content (AvgIpc) is 2.71. The number of aryl methyl sites for hydroxylation is 1. The van der Waals surface area contributed by atoms with Gasteiger partial charge in [-0.1, -0.05) is 13.8 Å².